The molecular weight excluding hydrogens is 262 g/mol. The average Bonchev–Trinajstić information content (AvgIpc) is 2.39. The van der Waals surface area contributed by atoms with Crippen LogP contribution in [-0.2, 0) is 4.74 Å². The number of aliphatic hydroxyl groups is 1. The lowest BCUT2D eigenvalue weighted by atomic mass is 9.73. The predicted octanol–water partition coefficient (Wildman–Crippen LogP) is 3.95. The van der Waals surface area contributed by atoms with E-state index in [1.807, 2.05) is 6.08 Å². The third-order valence-electron chi connectivity index (χ3n) is 3.73. The van der Waals surface area contributed by atoms with E-state index < -0.39 is 22.6 Å². The maximum absolute atomic E-state index is 12.7. The Morgan fingerprint density at radius 3 is 2.78 bits per heavy atom. The van der Waals surface area contributed by atoms with Crippen molar-refractivity contribution in [3.05, 3.63) is 22.9 Å². The van der Waals surface area contributed by atoms with E-state index in [0.29, 0.717) is 25.2 Å². The van der Waals surface area contributed by atoms with Gasteiger partial charge < -0.3 is 9.84 Å². The summed E-state index contributed by atoms with van der Waals surface area (Å²) in [6, 6.07) is 0. The molecule has 1 aliphatic carbocycles. The Hall–Kier alpha value is -0.610. The minimum atomic E-state index is -1.90. The average molecular weight is 279 g/mol. The molecular formula is C13H17ClF2O2. The third-order valence-corrected chi connectivity index (χ3v) is 4.13. The van der Waals surface area contributed by atoms with Gasteiger partial charge in [-0.2, -0.15) is 8.78 Å². The Balaban J connectivity index is 2.31. The van der Waals surface area contributed by atoms with Gasteiger partial charge in [-0.05, 0) is 31.8 Å². The Morgan fingerprint density at radius 2 is 2.17 bits per heavy atom. The van der Waals surface area contributed by atoms with Crippen LogP contribution in [0.25, 0.3) is 0 Å². The molecule has 0 aromatic carbocycles. The summed E-state index contributed by atoms with van der Waals surface area (Å²) >= 11 is 5.69. The Kier molecular flexibility index (Phi) is 4.28. The van der Waals surface area contributed by atoms with Gasteiger partial charge in [-0.3, -0.25) is 0 Å². The van der Waals surface area contributed by atoms with E-state index in [9.17, 15) is 13.9 Å². The van der Waals surface area contributed by atoms with Crippen molar-refractivity contribution in [1.29, 1.82) is 0 Å². The molecule has 2 atom stereocenters. The molecule has 0 bridgehead atoms. The maximum Gasteiger partial charge on any atom is 0.285 e. The normalized spacial score (nSPS) is 32.4. The summed E-state index contributed by atoms with van der Waals surface area (Å²) in [4.78, 5) is 0. The van der Waals surface area contributed by atoms with Crippen molar-refractivity contribution in [2.75, 3.05) is 6.61 Å². The molecule has 1 saturated carbocycles. The van der Waals surface area contributed by atoms with E-state index in [2.05, 4.69) is 0 Å². The summed E-state index contributed by atoms with van der Waals surface area (Å²) in [5.41, 5.74) is -1.36. The van der Waals surface area contributed by atoms with Crippen LogP contribution in [0.1, 0.15) is 38.5 Å². The van der Waals surface area contributed by atoms with Gasteiger partial charge in [-0.1, -0.05) is 24.4 Å². The highest BCUT2D eigenvalue weighted by Crippen LogP contribution is 2.46. The second-order valence-electron chi connectivity index (χ2n) is 4.89. The van der Waals surface area contributed by atoms with Crippen LogP contribution in [0.5, 0.6) is 0 Å². The molecule has 0 spiro atoms. The molecule has 0 aromatic heterocycles. The summed E-state index contributed by atoms with van der Waals surface area (Å²) < 4.78 is 30.9. The van der Waals surface area contributed by atoms with E-state index in [1.54, 1.807) is 0 Å². The molecule has 1 aliphatic heterocycles. The minimum absolute atomic E-state index is 0.424. The number of rotatable bonds is 2. The smallest absolute Gasteiger partial charge is 0.285 e. The minimum Gasteiger partial charge on any atom is -0.495 e. The summed E-state index contributed by atoms with van der Waals surface area (Å²) in [7, 11) is 0. The number of halogens is 3. The molecule has 1 heterocycles. The lowest BCUT2D eigenvalue weighted by molar-refractivity contribution is -0.0509. The molecule has 2 unspecified atom stereocenters. The zero-order valence-electron chi connectivity index (χ0n) is 10.1. The van der Waals surface area contributed by atoms with Gasteiger partial charge in [-0.15, -0.1) is 0 Å². The standard InChI is InChI=1S/C13H17ClF2O2/c14-11(12(15)16)9-5-1-3-7-13(9,17)10-6-2-4-8-18-10/h6,9,17H,1-5,7-8H2. The fraction of sp³-hybridized carbons (Fsp3) is 0.692. The Bertz CT molecular complexity index is 377. The Morgan fingerprint density at radius 1 is 1.39 bits per heavy atom. The summed E-state index contributed by atoms with van der Waals surface area (Å²) in [6.45, 7) is 0.528. The van der Waals surface area contributed by atoms with Crippen LogP contribution < -0.4 is 0 Å². The molecule has 1 fully saturated rings. The van der Waals surface area contributed by atoms with Crippen LogP contribution in [0.2, 0.25) is 0 Å². The molecule has 0 saturated heterocycles. The van der Waals surface area contributed by atoms with Crippen LogP contribution in [0.15, 0.2) is 22.9 Å². The highest BCUT2D eigenvalue weighted by Gasteiger charge is 2.46. The molecule has 0 amide bonds. The SMILES string of the molecule is OC1(C2=CCCCO2)CCCCC1C(Cl)=C(F)F. The second-order valence-corrected chi connectivity index (χ2v) is 5.30. The van der Waals surface area contributed by atoms with Gasteiger partial charge in [-0.25, -0.2) is 0 Å². The van der Waals surface area contributed by atoms with Crippen molar-refractivity contribution >= 4 is 11.6 Å². The van der Waals surface area contributed by atoms with E-state index in [4.69, 9.17) is 16.3 Å². The lowest BCUT2D eigenvalue weighted by Crippen LogP contribution is -2.44. The van der Waals surface area contributed by atoms with Gasteiger partial charge in [0.1, 0.15) is 11.4 Å². The van der Waals surface area contributed by atoms with Crippen molar-refractivity contribution in [3.63, 3.8) is 0 Å². The fourth-order valence-corrected chi connectivity index (χ4v) is 3.07. The highest BCUT2D eigenvalue weighted by molar-refractivity contribution is 6.30. The molecule has 18 heavy (non-hydrogen) atoms. The number of allylic oxidation sites excluding steroid dienone is 1. The van der Waals surface area contributed by atoms with Crippen LogP contribution in [-0.4, -0.2) is 17.3 Å². The van der Waals surface area contributed by atoms with Crippen LogP contribution >= 0.6 is 11.6 Å². The predicted molar refractivity (Wildman–Crippen MR) is 65.3 cm³/mol. The third kappa shape index (κ3) is 2.54. The van der Waals surface area contributed by atoms with E-state index >= 15 is 0 Å². The topological polar surface area (TPSA) is 29.5 Å². The zero-order chi connectivity index (χ0) is 13.2. The molecule has 2 aliphatic rings. The summed E-state index contributed by atoms with van der Waals surface area (Å²) in [6.07, 6.45) is 4.09. The van der Waals surface area contributed by atoms with Crippen molar-refractivity contribution in [2.45, 2.75) is 44.1 Å². The molecule has 0 aromatic rings. The van der Waals surface area contributed by atoms with Gasteiger partial charge in [0.05, 0.1) is 11.6 Å². The first-order valence-electron chi connectivity index (χ1n) is 6.32. The molecule has 0 radical (unpaired) electrons. The first-order valence-corrected chi connectivity index (χ1v) is 6.70. The first-order chi connectivity index (χ1) is 8.55. The zero-order valence-corrected chi connectivity index (χ0v) is 10.8. The monoisotopic (exact) mass is 278 g/mol. The van der Waals surface area contributed by atoms with Crippen LogP contribution in [0.4, 0.5) is 8.78 Å². The van der Waals surface area contributed by atoms with Crippen LogP contribution in [0.3, 0.4) is 0 Å². The van der Waals surface area contributed by atoms with E-state index in [1.165, 1.54) is 0 Å². The van der Waals surface area contributed by atoms with Gasteiger partial charge in [0.15, 0.2) is 0 Å². The van der Waals surface area contributed by atoms with Crippen LogP contribution in [0, 0.1) is 5.92 Å². The first kappa shape index (κ1) is 13.8. The molecule has 1 N–H and O–H groups in total. The van der Waals surface area contributed by atoms with Crippen molar-refractivity contribution < 1.29 is 18.6 Å². The van der Waals surface area contributed by atoms with E-state index in [0.717, 1.165) is 25.7 Å². The van der Waals surface area contributed by atoms with Crippen molar-refractivity contribution in [2.24, 2.45) is 5.92 Å². The van der Waals surface area contributed by atoms with Crippen molar-refractivity contribution in [3.8, 4) is 0 Å². The van der Waals surface area contributed by atoms with Gasteiger partial charge in [0, 0.05) is 5.92 Å². The molecule has 5 heteroatoms. The quantitative estimate of drug-likeness (QED) is 0.829. The summed E-state index contributed by atoms with van der Waals surface area (Å²) in [5.74, 6) is -0.319. The number of ether oxygens (including phenoxy) is 1. The largest absolute Gasteiger partial charge is 0.495 e. The molecule has 2 rings (SSSR count). The Labute approximate surface area is 110 Å². The lowest BCUT2D eigenvalue weighted by Gasteiger charge is -2.41. The number of hydrogen-bond acceptors (Lipinski definition) is 2. The van der Waals surface area contributed by atoms with Gasteiger partial charge in [0.25, 0.3) is 6.08 Å². The number of hydrogen-bond donors (Lipinski definition) is 1. The summed E-state index contributed by atoms with van der Waals surface area (Å²) in [5, 5.41) is 10.2. The second kappa shape index (κ2) is 5.57. The van der Waals surface area contributed by atoms with E-state index in [-0.39, 0.29) is 0 Å². The fourth-order valence-electron chi connectivity index (χ4n) is 2.78. The van der Waals surface area contributed by atoms with Gasteiger partial charge >= 0.3 is 0 Å². The maximum atomic E-state index is 12.7. The van der Waals surface area contributed by atoms with Gasteiger partial charge in [0.2, 0.25) is 0 Å². The molecule has 2 nitrogen and oxygen atoms in total. The highest BCUT2D eigenvalue weighted by atomic mass is 35.5. The molecule has 102 valence electrons. The van der Waals surface area contributed by atoms with Crippen molar-refractivity contribution in [1.82, 2.24) is 0 Å².